The van der Waals surface area contributed by atoms with Gasteiger partial charge in [-0.3, -0.25) is 4.40 Å². The van der Waals surface area contributed by atoms with Gasteiger partial charge in [0.05, 0.1) is 0 Å². The van der Waals surface area contributed by atoms with E-state index < -0.39 is 14.6 Å². The van der Waals surface area contributed by atoms with E-state index in [0.29, 0.717) is 11.5 Å². The van der Waals surface area contributed by atoms with Gasteiger partial charge in [-0.2, -0.15) is 0 Å². The molecular weight excluding hydrogens is 264 g/mol. The number of hydrogen-bond donors (Lipinski definition) is 0. The Morgan fingerprint density at radius 3 is 2.59 bits per heavy atom. The Morgan fingerprint density at radius 2 is 2.00 bits per heavy atom. The molecule has 0 amide bonds. The first kappa shape index (κ1) is 12.3. The molecule has 17 heavy (non-hydrogen) atoms. The van der Waals surface area contributed by atoms with Crippen molar-refractivity contribution < 1.29 is 8.42 Å². The average Bonchev–Trinajstić information content (AvgIpc) is 2.61. The van der Waals surface area contributed by atoms with Crippen molar-refractivity contribution in [2.24, 2.45) is 0 Å². The second-order valence-electron chi connectivity index (χ2n) is 4.22. The summed E-state index contributed by atoms with van der Waals surface area (Å²) < 4.78 is 23.9. The Hall–Kier alpha value is -1.21. The standard InChI is InChI=1S/C9H11ClN4O2S/c1-9(2,17(3,15)16)8-13-12-7-6(10)11-4-5-14(7)8/h4-5H,1-3H3. The summed E-state index contributed by atoms with van der Waals surface area (Å²) in [5.41, 5.74) is 0.348. The lowest BCUT2D eigenvalue weighted by atomic mass is 10.2. The molecule has 2 heterocycles. The molecule has 0 aromatic carbocycles. The summed E-state index contributed by atoms with van der Waals surface area (Å²) >= 11 is 5.85. The summed E-state index contributed by atoms with van der Waals surface area (Å²) in [5, 5.41) is 7.95. The summed E-state index contributed by atoms with van der Waals surface area (Å²) in [6.45, 7) is 3.15. The van der Waals surface area contributed by atoms with Crippen LogP contribution in [0.5, 0.6) is 0 Å². The minimum atomic E-state index is -3.32. The molecule has 0 aliphatic carbocycles. The lowest BCUT2D eigenvalue weighted by molar-refractivity contribution is 0.547. The molecule has 0 spiro atoms. The Bertz CT molecular complexity index is 677. The third-order valence-electron chi connectivity index (χ3n) is 2.75. The number of sulfone groups is 1. The SMILES string of the molecule is CC(C)(c1nnc2c(Cl)nccn12)S(C)(=O)=O. The molecule has 0 unspecified atom stereocenters. The van der Waals surface area contributed by atoms with E-state index in [1.54, 1.807) is 20.0 Å². The van der Waals surface area contributed by atoms with Gasteiger partial charge >= 0.3 is 0 Å². The van der Waals surface area contributed by atoms with Crippen molar-refractivity contribution >= 4 is 27.1 Å². The molecule has 0 radical (unpaired) electrons. The maximum absolute atomic E-state index is 11.8. The summed E-state index contributed by atoms with van der Waals surface area (Å²) in [6.07, 6.45) is 4.22. The molecule has 0 fully saturated rings. The maximum Gasteiger partial charge on any atom is 0.198 e. The third kappa shape index (κ3) is 1.79. The van der Waals surface area contributed by atoms with E-state index in [0.717, 1.165) is 6.26 Å². The van der Waals surface area contributed by atoms with Crippen LogP contribution in [0.2, 0.25) is 5.15 Å². The molecule has 0 aliphatic heterocycles. The highest BCUT2D eigenvalue weighted by Crippen LogP contribution is 2.28. The molecule has 0 saturated heterocycles. The number of fused-ring (bicyclic) bond motifs is 1. The second-order valence-corrected chi connectivity index (χ2v) is 7.14. The highest BCUT2D eigenvalue weighted by molar-refractivity contribution is 7.91. The first-order chi connectivity index (χ1) is 7.75. The van der Waals surface area contributed by atoms with Crippen LogP contribution in [0.15, 0.2) is 12.4 Å². The molecular formula is C9H11ClN4O2S. The van der Waals surface area contributed by atoms with Crippen LogP contribution in [0.3, 0.4) is 0 Å². The summed E-state index contributed by atoms with van der Waals surface area (Å²) in [4.78, 5) is 3.86. The summed E-state index contributed by atoms with van der Waals surface area (Å²) in [5.74, 6) is 0.319. The van der Waals surface area contributed by atoms with Crippen molar-refractivity contribution in [1.82, 2.24) is 19.6 Å². The fourth-order valence-corrected chi connectivity index (χ4v) is 2.03. The highest BCUT2D eigenvalue weighted by Gasteiger charge is 2.37. The van der Waals surface area contributed by atoms with E-state index in [2.05, 4.69) is 15.2 Å². The zero-order chi connectivity index (χ0) is 12.8. The van der Waals surface area contributed by atoms with Crippen LogP contribution in [0, 0.1) is 0 Å². The molecule has 0 N–H and O–H groups in total. The lowest BCUT2D eigenvalue weighted by Gasteiger charge is -2.20. The molecule has 8 heteroatoms. The van der Waals surface area contributed by atoms with E-state index >= 15 is 0 Å². The van der Waals surface area contributed by atoms with E-state index in [1.807, 2.05) is 0 Å². The van der Waals surface area contributed by atoms with Gasteiger partial charge in [0.2, 0.25) is 0 Å². The molecule has 2 aromatic rings. The van der Waals surface area contributed by atoms with Crippen molar-refractivity contribution in [3.05, 3.63) is 23.4 Å². The fraction of sp³-hybridized carbons (Fsp3) is 0.444. The normalized spacial score (nSPS) is 13.2. The molecule has 92 valence electrons. The fourth-order valence-electron chi connectivity index (χ4n) is 1.37. The zero-order valence-electron chi connectivity index (χ0n) is 9.55. The first-order valence-electron chi connectivity index (χ1n) is 4.80. The Kier molecular flexibility index (Phi) is 2.62. The molecule has 0 saturated carbocycles. The minimum absolute atomic E-state index is 0.190. The van der Waals surface area contributed by atoms with Crippen LogP contribution < -0.4 is 0 Å². The number of aromatic nitrogens is 4. The zero-order valence-corrected chi connectivity index (χ0v) is 11.1. The lowest BCUT2D eigenvalue weighted by Crippen LogP contribution is -2.30. The van der Waals surface area contributed by atoms with Crippen LogP contribution in [0.1, 0.15) is 19.7 Å². The Labute approximate surface area is 104 Å². The predicted molar refractivity (Wildman–Crippen MR) is 63.7 cm³/mol. The quantitative estimate of drug-likeness (QED) is 0.818. The van der Waals surface area contributed by atoms with E-state index in [1.165, 1.54) is 10.6 Å². The molecule has 6 nitrogen and oxygen atoms in total. The molecule has 0 bridgehead atoms. The average molecular weight is 275 g/mol. The van der Waals surface area contributed by atoms with Crippen LogP contribution in [-0.2, 0) is 14.6 Å². The molecule has 0 aliphatic rings. The monoisotopic (exact) mass is 274 g/mol. The molecule has 2 rings (SSSR count). The van der Waals surface area contributed by atoms with Gasteiger partial charge in [0.1, 0.15) is 4.75 Å². The highest BCUT2D eigenvalue weighted by atomic mass is 35.5. The largest absolute Gasteiger partial charge is 0.281 e. The van der Waals surface area contributed by atoms with E-state index in [4.69, 9.17) is 11.6 Å². The number of hydrogen-bond acceptors (Lipinski definition) is 5. The van der Waals surface area contributed by atoms with Crippen LogP contribution in [0.25, 0.3) is 5.65 Å². The topological polar surface area (TPSA) is 77.2 Å². The predicted octanol–water partition coefficient (Wildman–Crippen LogP) is 1.06. The summed E-state index contributed by atoms with van der Waals surface area (Å²) in [7, 11) is -3.32. The van der Waals surface area contributed by atoms with Gasteiger partial charge in [0.15, 0.2) is 26.5 Å². The van der Waals surface area contributed by atoms with Gasteiger partial charge in [-0.15, -0.1) is 10.2 Å². The van der Waals surface area contributed by atoms with Crippen molar-refractivity contribution in [1.29, 1.82) is 0 Å². The molecule has 2 aromatic heterocycles. The third-order valence-corrected chi connectivity index (χ3v) is 5.05. The number of nitrogens with zero attached hydrogens (tertiary/aromatic N) is 4. The molecule has 0 atom stereocenters. The van der Waals surface area contributed by atoms with Crippen LogP contribution >= 0.6 is 11.6 Å². The van der Waals surface area contributed by atoms with Crippen molar-refractivity contribution in [3.63, 3.8) is 0 Å². The maximum atomic E-state index is 11.8. The minimum Gasteiger partial charge on any atom is -0.281 e. The van der Waals surface area contributed by atoms with Crippen LogP contribution in [-0.4, -0.2) is 34.3 Å². The van der Waals surface area contributed by atoms with Gasteiger partial charge < -0.3 is 0 Å². The summed E-state index contributed by atoms with van der Waals surface area (Å²) in [6, 6.07) is 0. The van der Waals surface area contributed by atoms with Gasteiger partial charge in [0.25, 0.3) is 0 Å². The Balaban J connectivity index is 2.78. The van der Waals surface area contributed by atoms with E-state index in [-0.39, 0.29) is 5.15 Å². The second kappa shape index (κ2) is 3.64. The first-order valence-corrected chi connectivity index (χ1v) is 7.07. The van der Waals surface area contributed by atoms with Crippen molar-refractivity contribution in [2.75, 3.05) is 6.26 Å². The Morgan fingerprint density at radius 1 is 1.35 bits per heavy atom. The van der Waals surface area contributed by atoms with Gasteiger partial charge in [-0.1, -0.05) is 11.6 Å². The van der Waals surface area contributed by atoms with Gasteiger partial charge in [0, 0.05) is 18.6 Å². The van der Waals surface area contributed by atoms with Crippen molar-refractivity contribution in [3.8, 4) is 0 Å². The number of rotatable bonds is 2. The van der Waals surface area contributed by atoms with E-state index in [9.17, 15) is 8.42 Å². The number of halogens is 1. The van der Waals surface area contributed by atoms with Crippen LogP contribution in [0.4, 0.5) is 0 Å². The van der Waals surface area contributed by atoms with Gasteiger partial charge in [-0.25, -0.2) is 13.4 Å². The van der Waals surface area contributed by atoms with Crippen molar-refractivity contribution in [2.45, 2.75) is 18.6 Å². The van der Waals surface area contributed by atoms with Gasteiger partial charge in [-0.05, 0) is 13.8 Å². The smallest absolute Gasteiger partial charge is 0.198 e.